The quantitative estimate of drug-likeness (QED) is 0.248. The number of aliphatic carboxylic acids is 1. The molecule has 2 N–H and O–H groups in total. The number of nitrogens with one attached hydrogen (secondary N) is 1. The van der Waals surface area contributed by atoms with Crippen molar-refractivity contribution in [2.45, 2.75) is 139 Å². The first-order chi connectivity index (χ1) is 23.2. The molecule has 4 saturated carbocycles. The van der Waals surface area contributed by atoms with Crippen LogP contribution in [0.3, 0.4) is 0 Å². The summed E-state index contributed by atoms with van der Waals surface area (Å²) in [7, 11) is 0. The molecule has 1 aromatic carbocycles. The number of halogens is 1. The van der Waals surface area contributed by atoms with Gasteiger partial charge in [0.25, 0.3) is 0 Å². The molecule has 6 nitrogen and oxygen atoms in total. The van der Waals surface area contributed by atoms with Crippen molar-refractivity contribution < 1.29 is 24.2 Å². The SMILES string of the molecule is CC(C)C1=C2[C@H]3CC[C@@H]4[C@@]5(C)CC[C@H](OC(=O)CC(C)(C)C(=O)O)C(C)(C)C5CC[C@@]4(C)[C@]3(C)CC[C@@]2(CNCc2ccc(Cl)cc2)CC1=O. The maximum absolute atomic E-state index is 14.0. The third-order valence-corrected chi connectivity index (χ3v) is 15.9. The fraction of sp³-hybridized carbons (Fsp3) is 0.744. The number of Topliss-reactive ketones (excluding diaryl/α,β-unsaturated/α-hetero) is 1. The Balaban J connectivity index is 1.26. The van der Waals surface area contributed by atoms with Gasteiger partial charge in [-0.15, -0.1) is 0 Å². The smallest absolute Gasteiger partial charge is 0.309 e. The molecule has 5 aliphatic rings. The number of carboxylic acid groups (broad SMARTS) is 1. The summed E-state index contributed by atoms with van der Waals surface area (Å²) in [6.07, 6.45) is 8.83. The highest BCUT2D eigenvalue weighted by atomic mass is 35.5. The number of ketones is 1. The second kappa shape index (κ2) is 12.7. The summed E-state index contributed by atoms with van der Waals surface area (Å²) in [5.41, 5.74) is 2.71. The van der Waals surface area contributed by atoms with Gasteiger partial charge in [-0.05, 0) is 128 Å². The standard InChI is InChI=1S/C43H62ClNO5/c1-26(2)35-30(46)22-43(25-45-24-27-10-12-28(44)13-11-27)21-20-41(8)29(36(35)43)14-15-32-40(7)18-17-33(50-34(47)23-38(3,4)37(48)49)39(5,6)31(40)16-19-42(32,41)9/h10-13,26,29,31-33,45H,14-25H2,1-9H3,(H,48,49)/t29-,31?,32-,33+,40+,41-,42-,43+/m1/s1. The van der Waals surface area contributed by atoms with Gasteiger partial charge in [-0.25, -0.2) is 0 Å². The molecule has 0 amide bonds. The number of carbonyl (C=O) groups excluding carboxylic acids is 2. The molecule has 0 aromatic heterocycles. The van der Waals surface area contributed by atoms with Crippen LogP contribution in [0.5, 0.6) is 0 Å². The average Bonchev–Trinajstić information content (AvgIpc) is 3.32. The van der Waals surface area contributed by atoms with Crippen LogP contribution >= 0.6 is 11.6 Å². The summed E-state index contributed by atoms with van der Waals surface area (Å²) >= 11 is 6.15. The van der Waals surface area contributed by atoms with E-state index in [9.17, 15) is 19.5 Å². The van der Waals surface area contributed by atoms with E-state index in [4.69, 9.17) is 16.3 Å². The molecule has 7 heteroatoms. The minimum atomic E-state index is -1.15. The molecule has 0 radical (unpaired) electrons. The highest BCUT2D eigenvalue weighted by Crippen LogP contribution is 2.76. The van der Waals surface area contributed by atoms with Crippen LogP contribution in [-0.2, 0) is 25.7 Å². The van der Waals surface area contributed by atoms with Crippen molar-refractivity contribution in [2.75, 3.05) is 6.54 Å². The van der Waals surface area contributed by atoms with Gasteiger partial charge in [-0.1, -0.05) is 77.8 Å². The molecule has 1 aromatic rings. The first kappa shape index (κ1) is 37.6. The summed E-state index contributed by atoms with van der Waals surface area (Å²) in [4.78, 5) is 38.8. The molecule has 276 valence electrons. The second-order valence-electron chi connectivity index (χ2n) is 19.4. The number of allylic oxidation sites excluding steroid dienone is 1. The zero-order chi connectivity index (χ0) is 36.7. The fourth-order valence-electron chi connectivity index (χ4n) is 12.8. The third-order valence-electron chi connectivity index (χ3n) is 15.7. The van der Waals surface area contributed by atoms with Gasteiger partial charge in [0.1, 0.15) is 6.10 Å². The maximum Gasteiger partial charge on any atom is 0.309 e. The maximum atomic E-state index is 14.0. The molecule has 0 spiro atoms. The Hall–Kier alpha value is -2.18. The Morgan fingerprint density at radius 1 is 0.940 bits per heavy atom. The number of esters is 1. The van der Waals surface area contributed by atoms with Crippen molar-refractivity contribution in [1.29, 1.82) is 0 Å². The summed E-state index contributed by atoms with van der Waals surface area (Å²) in [5, 5.41) is 14.1. The van der Waals surface area contributed by atoms with Crippen molar-refractivity contribution in [2.24, 2.45) is 56.2 Å². The van der Waals surface area contributed by atoms with Crippen molar-refractivity contribution in [3.05, 3.63) is 46.0 Å². The lowest BCUT2D eigenvalue weighted by molar-refractivity contribution is -0.233. The average molecular weight is 708 g/mol. The van der Waals surface area contributed by atoms with Crippen LogP contribution in [0.4, 0.5) is 0 Å². The van der Waals surface area contributed by atoms with Crippen molar-refractivity contribution >= 4 is 29.3 Å². The number of rotatable bonds is 9. The number of ether oxygens (including phenoxy) is 1. The monoisotopic (exact) mass is 707 g/mol. The lowest BCUT2D eigenvalue weighted by Gasteiger charge is -2.72. The zero-order valence-corrected chi connectivity index (χ0v) is 32.9. The number of carbonyl (C=O) groups is 3. The molecule has 8 atom stereocenters. The molecule has 50 heavy (non-hydrogen) atoms. The van der Waals surface area contributed by atoms with Gasteiger partial charge in [0.05, 0.1) is 11.8 Å². The van der Waals surface area contributed by atoms with E-state index in [1.165, 1.54) is 11.1 Å². The van der Waals surface area contributed by atoms with Crippen molar-refractivity contribution in [3.8, 4) is 0 Å². The highest BCUT2D eigenvalue weighted by molar-refractivity contribution is 6.30. The van der Waals surface area contributed by atoms with Crippen LogP contribution in [0.2, 0.25) is 5.02 Å². The molecule has 5 aliphatic carbocycles. The molecular formula is C43H62ClNO5. The lowest BCUT2D eigenvalue weighted by atomic mass is 9.33. The Kier molecular flexibility index (Phi) is 9.58. The van der Waals surface area contributed by atoms with Crippen LogP contribution in [0, 0.1) is 56.2 Å². The third kappa shape index (κ3) is 5.81. The van der Waals surface area contributed by atoms with Crippen LogP contribution in [0.15, 0.2) is 35.4 Å². The van der Waals surface area contributed by atoms with E-state index in [0.717, 1.165) is 75.1 Å². The molecule has 4 fully saturated rings. The van der Waals surface area contributed by atoms with E-state index < -0.39 is 17.4 Å². The van der Waals surface area contributed by atoms with E-state index in [2.05, 4.69) is 65.9 Å². The van der Waals surface area contributed by atoms with Gasteiger partial charge < -0.3 is 15.2 Å². The fourth-order valence-corrected chi connectivity index (χ4v) is 12.9. The van der Waals surface area contributed by atoms with Gasteiger partial charge in [-0.3, -0.25) is 14.4 Å². The Morgan fingerprint density at radius 3 is 2.26 bits per heavy atom. The number of fused-ring (bicyclic) bond motifs is 7. The van der Waals surface area contributed by atoms with Gasteiger partial charge in [-0.2, -0.15) is 0 Å². The van der Waals surface area contributed by atoms with Crippen LogP contribution in [0.1, 0.15) is 132 Å². The number of benzene rings is 1. The predicted octanol–water partition coefficient (Wildman–Crippen LogP) is 9.82. The molecular weight excluding hydrogens is 646 g/mol. The van der Waals surface area contributed by atoms with Crippen molar-refractivity contribution in [3.63, 3.8) is 0 Å². The largest absolute Gasteiger partial charge is 0.481 e. The van der Waals surface area contributed by atoms with E-state index in [1.54, 1.807) is 13.8 Å². The summed E-state index contributed by atoms with van der Waals surface area (Å²) in [6.45, 7) is 21.6. The molecule has 0 aliphatic heterocycles. The zero-order valence-electron chi connectivity index (χ0n) is 32.1. The van der Waals surface area contributed by atoms with Gasteiger partial charge in [0.15, 0.2) is 5.78 Å². The summed E-state index contributed by atoms with van der Waals surface area (Å²) < 4.78 is 6.17. The van der Waals surface area contributed by atoms with Crippen LogP contribution in [0.25, 0.3) is 0 Å². The topological polar surface area (TPSA) is 92.7 Å². The second-order valence-corrected chi connectivity index (χ2v) is 19.8. The Morgan fingerprint density at radius 2 is 1.62 bits per heavy atom. The predicted molar refractivity (Wildman–Crippen MR) is 199 cm³/mol. The number of hydrogen-bond acceptors (Lipinski definition) is 5. The normalized spacial score (nSPS) is 37.9. The highest BCUT2D eigenvalue weighted by Gasteiger charge is 2.70. The molecule has 1 unspecified atom stereocenters. The Bertz CT molecular complexity index is 1560. The molecule has 0 bridgehead atoms. The van der Waals surface area contributed by atoms with Gasteiger partial charge in [0, 0.05) is 35.4 Å². The molecule has 0 heterocycles. The summed E-state index contributed by atoms with van der Waals surface area (Å²) in [6, 6.07) is 8.06. The minimum absolute atomic E-state index is 0.0968. The summed E-state index contributed by atoms with van der Waals surface area (Å²) in [5.74, 6) is 0.572. The Labute approximate surface area is 305 Å². The van der Waals surface area contributed by atoms with E-state index >= 15 is 0 Å². The van der Waals surface area contributed by atoms with E-state index in [1.807, 2.05) is 12.1 Å². The van der Waals surface area contributed by atoms with Crippen LogP contribution < -0.4 is 5.32 Å². The van der Waals surface area contributed by atoms with Gasteiger partial charge in [0.2, 0.25) is 0 Å². The lowest BCUT2D eigenvalue weighted by Crippen LogP contribution is -2.66. The van der Waals surface area contributed by atoms with Crippen LogP contribution in [-0.4, -0.2) is 35.5 Å². The van der Waals surface area contributed by atoms with Gasteiger partial charge >= 0.3 is 11.9 Å². The van der Waals surface area contributed by atoms with E-state index in [-0.39, 0.29) is 45.5 Å². The number of carboxylic acids is 1. The van der Waals surface area contributed by atoms with E-state index in [0.29, 0.717) is 30.0 Å². The minimum Gasteiger partial charge on any atom is -0.481 e. The number of hydrogen-bond donors (Lipinski definition) is 2. The first-order valence-corrected chi connectivity index (χ1v) is 19.8. The molecule has 6 rings (SSSR count). The molecule has 0 saturated heterocycles. The van der Waals surface area contributed by atoms with Crippen molar-refractivity contribution in [1.82, 2.24) is 5.32 Å². The first-order valence-electron chi connectivity index (χ1n) is 19.4.